The number of hydrogen-bond donors (Lipinski definition) is 2. The third-order valence-corrected chi connectivity index (χ3v) is 5.59. The number of aryl methyl sites for hydroxylation is 1. The average Bonchev–Trinajstić information content (AvgIpc) is 2.84. The maximum Gasteiger partial charge on any atom is 0.317 e. The smallest absolute Gasteiger partial charge is 0.317 e. The lowest BCUT2D eigenvalue weighted by molar-refractivity contribution is 0.0667. The molecule has 4 rings (SSSR count). The number of piperidine rings is 1. The summed E-state index contributed by atoms with van der Waals surface area (Å²) in [6.45, 7) is 6.72. The van der Waals surface area contributed by atoms with Gasteiger partial charge in [-0.2, -0.15) is 0 Å². The van der Waals surface area contributed by atoms with Gasteiger partial charge in [-0.15, -0.1) is 0 Å². The summed E-state index contributed by atoms with van der Waals surface area (Å²) in [5, 5.41) is 6.39. The second-order valence-corrected chi connectivity index (χ2v) is 7.47. The van der Waals surface area contributed by atoms with Crippen molar-refractivity contribution in [2.24, 2.45) is 0 Å². The summed E-state index contributed by atoms with van der Waals surface area (Å²) in [5.74, 6) is 1.05. The van der Waals surface area contributed by atoms with E-state index in [4.69, 9.17) is 4.74 Å². The van der Waals surface area contributed by atoms with Gasteiger partial charge < -0.3 is 24.8 Å². The molecule has 2 N–H and O–H groups in total. The highest BCUT2D eigenvalue weighted by Gasteiger charge is 2.26. The maximum atomic E-state index is 12.5. The Bertz CT molecular complexity index is 774. The molecule has 7 heteroatoms. The van der Waals surface area contributed by atoms with Crippen molar-refractivity contribution in [3.05, 3.63) is 30.1 Å². The van der Waals surface area contributed by atoms with E-state index in [1.54, 1.807) is 0 Å². The third-order valence-electron chi connectivity index (χ3n) is 5.59. The number of likely N-dealkylation sites (tertiary alicyclic amines) is 1. The van der Waals surface area contributed by atoms with Gasteiger partial charge >= 0.3 is 6.03 Å². The van der Waals surface area contributed by atoms with Gasteiger partial charge in [-0.05, 0) is 44.9 Å². The predicted octanol–water partition coefficient (Wildman–Crippen LogP) is 2.07. The molecule has 146 valence electrons. The molecule has 3 heterocycles. The van der Waals surface area contributed by atoms with Crippen LogP contribution in [0.2, 0.25) is 0 Å². The molecular weight excluding hydrogens is 342 g/mol. The van der Waals surface area contributed by atoms with Crippen LogP contribution in [0.1, 0.15) is 31.1 Å². The number of ether oxygens (including phenoxy) is 1. The van der Waals surface area contributed by atoms with Crippen LogP contribution in [0, 0.1) is 6.92 Å². The summed E-state index contributed by atoms with van der Waals surface area (Å²) >= 11 is 0. The first-order valence-electron chi connectivity index (χ1n) is 10.0. The largest absolute Gasteiger partial charge is 0.375 e. The summed E-state index contributed by atoms with van der Waals surface area (Å²) < 4.78 is 8.10. The number of imidazole rings is 1. The van der Waals surface area contributed by atoms with Crippen LogP contribution in [0.5, 0.6) is 0 Å². The van der Waals surface area contributed by atoms with Gasteiger partial charge in [0.15, 0.2) is 0 Å². The zero-order valence-corrected chi connectivity index (χ0v) is 16.0. The number of nitrogens with one attached hydrogen (secondary N) is 2. The topological polar surface area (TPSA) is 71.4 Å². The van der Waals surface area contributed by atoms with E-state index in [9.17, 15) is 4.79 Å². The van der Waals surface area contributed by atoms with Gasteiger partial charge in [-0.3, -0.25) is 0 Å². The molecule has 0 spiro atoms. The third kappa shape index (κ3) is 4.09. The fourth-order valence-corrected chi connectivity index (χ4v) is 4.17. The van der Waals surface area contributed by atoms with Crippen molar-refractivity contribution in [2.75, 3.05) is 39.3 Å². The van der Waals surface area contributed by atoms with Crippen LogP contribution >= 0.6 is 0 Å². The summed E-state index contributed by atoms with van der Waals surface area (Å²) in [4.78, 5) is 19.1. The summed E-state index contributed by atoms with van der Waals surface area (Å²) in [6, 6.07) is 8.71. The van der Waals surface area contributed by atoms with E-state index in [2.05, 4.69) is 45.3 Å². The highest BCUT2D eigenvalue weighted by atomic mass is 16.5. The number of hydrogen-bond acceptors (Lipinski definition) is 4. The molecular formula is C20H29N5O2. The molecule has 0 bridgehead atoms. The SMILES string of the molecule is Cc1nc2ccccc2n1C1CCN(C(=O)NCC2CNCCCO2)CC1. The number of rotatable bonds is 3. The van der Waals surface area contributed by atoms with Crippen LogP contribution in [-0.4, -0.2) is 65.9 Å². The highest BCUT2D eigenvalue weighted by Crippen LogP contribution is 2.28. The molecule has 0 aliphatic carbocycles. The van der Waals surface area contributed by atoms with E-state index in [1.165, 1.54) is 5.52 Å². The van der Waals surface area contributed by atoms with E-state index in [0.717, 1.165) is 63.4 Å². The Morgan fingerprint density at radius 2 is 2.15 bits per heavy atom. The fraction of sp³-hybridized carbons (Fsp3) is 0.600. The van der Waals surface area contributed by atoms with Gasteiger partial charge in [0.05, 0.1) is 17.1 Å². The Morgan fingerprint density at radius 1 is 1.33 bits per heavy atom. The van der Waals surface area contributed by atoms with Crippen LogP contribution in [-0.2, 0) is 4.74 Å². The second kappa shape index (κ2) is 8.27. The van der Waals surface area contributed by atoms with Gasteiger partial charge in [0.25, 0.3) is 0 Å². The Morgan fingerprint density at radius 3 is 3.00 bits per heavy atom. The molecule has 27 heavy (non-hydrogen) atoms. The molecule has 2 aliphatic rings. The first-order valence-corrected chi connectivity index (χ1v) is 10.0. The molecule has 2 saturated heterocycles. The molecule has 1 aromatic heterocycles. The van der Waals surface area contributed by atoms with Crippen molar-refractivity contribution in [1.82, 2.24) is 25.1 Å². The number of carbonyl (C=O) groups is 1. The van der Waals surface area contributed by atoms with Crippen LogP contribution in [0.4, 0.5) is 4.79 Å². The van der Waals surface area contributed by atoms with Gasteiger partial charge in [0.2, 0.25) is 0 Å². The number of nitrogens with zero attached hydrogens (tertiary/aromatic N) is 3. The highest BCUT2D eigenvalue weighted by molar-refractivity contribution is 5.76. The molecule has 2 aliphatic heterocycles. The van der Waals surface area contributed by atoms with Crippen molar-refractivity contribution in [2.45, 2.75) is 38.3 Å². The summed E-state index contributed by atoms with van der Waals surface area (Å²) in [6.07, 6.45) is 3.00. The molecule has 2 amide bonds. The maximum absolute atomic E-state index is 12.5. The number of urea groups is 1. The number of para-hydroxylation sites is 2. The second-order valence-electron chi connectivity index (χ2n) is 7.47. The molecule has 7 nitrogen and oxygen atoms in total. The quantitative estimate of drug-likeness (QED) is 0.867. The van der Waals surface area contributed by atoms with Crippen molar-refractivity contribution in [3.8, 4) is 0 Å². The van der Waals surface area contributed by atoms with Gasteiger partial charge in [0, 0.05) is 38.8 Å². The predicted molar refractivity (Wildman–Crippen MR) is 105 cm³/mol. The minimum Gasteiger partial charge on any atom is -0.375 e. The molecule has 2 fully saturated rings. The van der Waals surface area contributed by atoms with E-state index >= 15 is 0 Å². The van der Waals surface area contributed by atoms with Gasteiger partial charge in [-0.25, -0.2) is 9.78 Å². The number of aromatic nitrogens is 2. The minimum atomic E-state index is 0.0218. The minimum absolute atomic E-state index is 0.0218. The molecule has 1 unspecified atom stereocenters. The van der Waals surface area contributed by atoms with E-state index in [1.807, 2.05) is 11.0 Å². The lowest BCUT2D eigenvalue weighted by Gasteiger charge is -2.33. The molecule has 1 aromatic carbocycles. The lowest BCUT2D eigenvalue weighted by atomic mass is 10.0. The Labute approximate surface area is 160 Å². The standard InChI is InChI=1S/C20H29N5O2/c1-15-23-18-5-2-3-6-19(18)25(15)16-7-10-24(11-8-16)20(26)22-14-17-13-21-9-4-12-27-17/h2-3,5-6,16-17,21H,4,7-14H2,1H3,(H,22,26). The number of carbonyl (C=O) groups excluding carboxylic acids is 1. The molecule has 0 radical (unpaired) electrons. The Kier molecular flexibility index (Phi) is 5.59. The van der Waals surface area contributed by atoms with Crippen LogP contribution in [0.25, 0.3) is 11.0 Å². The number of benzene rings is 1. The molecule has 2 aromatic rings. The van der Waals surface area contributed by atoms with Crippen molar-refractivity contribution in [3.63, 3.8) is 0 Å². The fourth-order valence-electron chi connectivity index (χ4n) is 4.17. The van der Waals surface area contributed by atoms with Crippen molar-refractivity contribution >= 4 is 17.1 Å². The van der Waals surface area contributed by atoms with Crippen LogP contribution < -0.4 is 10.6 Å². The molecule has 0 saturated carbocycles. The van der Waals surface area contributed by atoms with Gasteiger partial charge in [0.1, 0.15) is 5.82 Å². The van der Waals surface area contributed by atoms with Crippen molar-refractivity contribution < 1.29 is 9.53 Å². The summed E-state index contributed by atoms with van der Waals surface area (Å²) in [5.41, 5.74) is 2.24. The van der Waals surface area contributed by atoms with Crippen LogP contribution in [0.3, 0.4) is 0 Å². The van der Waals surface area contributed by atoms with E-state index in [0.29, 0.717) is 12.6 Å². The van der Waals surface area contributed by atoms with Crippen LogP contribution in [0.15, 0.2) is 24.3 Å². The molecule has 1 atom stereocenters. The first kappa shape index (κ1) is 18.3. The summed E-state index contributed by atoms with van der Waals surface area (Å²) in [7, 11) is 0. The zero-order chi connectivity index (χ0) is 18.6. The van der Waals surface area contributed by atoms with E-state index in [-0.39, 0.29) is 12.1 Å². The van der Waals surface area contributed by atoms with Gasteiger partial charge in [-0.1, -0.05) is 12.1 Å². The average molecular weight is 371 g/mol. The normalized spacial score (nSPS) is 22.0. The number of fused-ring (bicyclic) bond motifs is 1. The van der Waals surface area contributed by atoms with E-state index < -0.39 is 0 Å². The Balaban J connectivity index is 1.31. The lowest BCUT2D eigenvalue weighted by Crippen LogP contribution is -2.48. The monoisotopic (exact) mass is 371 g/mol. The number of amides is 2. The van der Waals surface area contributed by atoms with Crippen molar-refractivity contribution in [1.29, 1.82) is 0 Å². The Hall–Kier alpha value is -2.12. The first-order chi connectivity index (χ1) is 13.2. The zero-order valence-electron chi connectivity index (χ0n) is 16.0.